The molecule has 3 heterocycles. The van der Waals surface area contributed by atoms with Crippen LogP contribution in [0, 0.1) is 12.7 Å². The first kappa shape index (κ1) is 21.5. The van der Waals surface area contributed by atoms with Crippen LogP contribution >= 0.6 is 0 Å². The molecule has 1 aliphatic rings. The average molecular weight is 446 g/mol. The zero-order valence-corrected chi connectivity index (χ0v) is 18.2. The lowest BCUT2D eigenvalue weighted by atomic mass is 10.1. The molecule has 4 rings (SSSR count). The van der Waals surface area contributed by atoms with Crippen molar-refractivity contribution in [3.8, 4) is 11.3 Å². The Bertz CT molecular complexity index is 1180. The second-order valence-corrected chi connectivity index (χ2v) is 9.28. The number of ether oxygens (including phenoxy) is 1. The minimum absolute atomic E-state index is 0.0934. The fourth-order valence-corrected chi connectivity index (χ4v) is 5.19. The largest absolute Gasteiger partial charge is 0.369 e. The fraction of sp³-hybridized carbons (Fsp3) is 0.381. The molecule has 0 amide bonds. The molecule has 31 heavy (non-hydrogen) atoms. The van der Waals surface area contributed by atoms with Crippen LogP contribution in [0.2, 0.25) is 0 Å². The molecule has 0 N–H and O–H groups in total. The number of rotatable bonds is 6. The molecule has 1 saturated heterocycles. The van der Waals surface area contributed by atoms with Crippen molar-refractivity contribution in [2.75, 3.05) is 19.7 Å². The first-order chi connectivity index (χ1) is 14.9. The Morgan fingerprint density at radius 1 is 1.26 bits per heavy atom. The van der Waals surface area contributed by atoms with E-state index in [9.17, 15) is 12.8 Å². The van der Waals surface area contributed by atoms with Gasteiger partial charge in [0.25, 0.3) is 0 Å². The highest BCUT2D eigenvalue weighted by Crippen LogP contribution is 2.28. The highest BCUT2D eigenvalue weighted by Gasteiger charge is 2.34. The molecule has 164 valence electrons. The Morgan fingerprint density at radius 2 is 2.06 bits per heavy atom. The molecule has 1 aromatic carbocycles. The second kappa shape index (κ2) is 8.81. The molecule has 1 fully saturated rings. The van der Waals surface area contributed by atoms with Crippen molar-refractivity contribution in [3.63, 3.8) is 0 Å². The molecule has 2 aromatic heterocycles. The normalized spacial score (nSPS) is 17.7. The van der Waals surface area contributed by atoms with Gasteiger partial charge < -0.3 is 4.74 Å². The average Bonchev–Trinajstić information content (AvgIpc) is 3.15. The lowest BCUT2D eigenvalue weighted by molar-refractivity contribution is -0.00509. The Morgan fingerprint density at radius 3 is 2.84 bits per heavy atom. The number of aryl methyl sites for hydroxylation is 2. The summed E-state index contributed by atoms with van der Waals surface area (Å²) < 4.78 is 49.5. The van der Waals surface area contributed by atoms with Crippen molar-refractivity contribution >= 4 is 10.0 Å². The number of halogens is 1. The molecule has 0 saturated carbocycles. The van der Waals surface area contributed by atoms with Gasteiger partial charge in [-0.1, -0.05) is 19.1 Å². The zero-order valence-electron chi connectivity index (χ0n) is 17.4. The van der Waals surface area contributed by atoms with Gasteiger partial charge in [0, 0.05) is 31.4 Å². The van der Waals surface area contributed by atoms with E-state index in [1.165, 1.54) is 22.8 Å². The molecule has 1 aliphatic heterocycles. The van der Waals surface area contributed by atoms with Gasteiger partial charge in [0.15, 0.2) is 0 Å². The van der Waals surface area contributed by atoms with E-state index in [1.54, 1.807) is 36.0 Å². The molecular weight excluding hydrogens is 421 g/mol. The summed E-state index contributed by atoms with van der Waals surface area (Å²) in [5, 5.41) is 4.31. The van der Waals surface area contributed by atoms with Crippen LogP contribution in [-0.2, 0) is 21.3 Å². The molecule has 1 atom stereocenters. The van der Waals surface area contributed by atoms with Crippen LogP contribution in [0.25, 0.3) is 11.3 Å². The van der Waals surface area contributed by atoms with E-state index in [4.69, 9.17) is 4.74 Å². The van der Waals surface area contributed by atoms with Gasteiger partial charge in [-0.3, -0.25) is 9.67 Å². The summed E-state index contributed by atoms with van der Waals surface area (Å²) in [4.78, 5) is 8.87. The number of nitrogens with zero attached hydrogens (tertiary/aromatic N) is 5. The Labute approximate surface area is 180 Å². The van der Waals surface area contributed by atoms with Crippen molar-refractivity contribution in [3.05, 3.63) is 60.1 Å². The van der Waals surface area contributed by atoms with Crippen LogP contribution in [0.3, 0.4) is 0 Å². The maximum absolute atomic E-state index is 14.2. The summed E-state index contributed by atoms with van der Waals surface area (Å²) in [5.74, 6) is -0.401. The number of morpholine rings is 1. The van der Waals surface area contributed by atoms with Crippen LogP contribution < -0.4 is 0 Å². The Kier molecular flexibility index (Phi) is 6.12. The number of hydrogen-bond acceptors (Lipinski definition) is 6. The van der Waals surface area contributed by atoms with Gasteiger partial charge >= 0.3 is 0 Å². The Balaban J connectivity index is 1.59. The fourth-order valence-electron chi connectivity index (χ4n) is 3.59. The molecule has 10 heteroatoms. The molecule has 0 bridgehead atoms. The lowest BCUT2D eigenvalue weighted by Crippen LogP contribution is -2.42. The van der Waals surface area contributed by atoms with Crippen molar-refractivity contribution in [1.29, 1.82) is 0 Å². The molecule has 0 spiro atoms. The lowest BCUT2D eigenvalue weighted by Gasteiger charge is -2.31. The van der Waals surface area contributed by atoms with Gasteiger partial charge in [-0.25, -0.2) is 17.8 Å². The number of aromatic nitrogens is 4. The number of sulfonamides is 1. The maximum Gasteiger partial charge on any atom is 0.246 e. The van der Waals surface area contributed by atoms with Gasteiger partial charge in [-0.2, -0.15) is 9.40 Å². The molecule has 8 nitrogen and oxygen atoms in total. The zero-order chi connectivity index (χ0) is 22.0. The van der Waals surface area contributed by atoms with Gasteiger partial charge in [0.2, 0.25) is 10.0 Å². The minimum Gasteiger partial charge on any atom is -0.369 e. The SMILES string of the molecule is CCCn1cc(S(=O)(=O)N2CCO[C@@H](c3cncc(-c4ccccc4F)n3)C2)c(C)n1. The van der Waals surface area contributed by atoms with Crippen LogP contribution in [-0.4, -0.2) is 52.2 Å². The third kappa shape index (κ3) is 4.36. The smallest absolute Gasteiger partial charge is 0.246 e. The summed E-state index contributed by atoms with van der Waals surface area (Å²) in [6.45, 7) is 4.90. The standard InChI is InChI=1S/C21H24FN5O3S/c1-3-8-26-14-21(15(2)25-26)31(28,29)27-9-10-30-20(13-27)19-12-23-11-18(24-19)16-6-4-5-7-17(16)22/h4-7,11-12,14,20H,3,8-10,13H2,1-2H3/t20-/m1/s1. The van der Waals surface area contributed by atoms with Crippen molar-refractivity contribution < 1.29 is 17.5 Å². The third-order valence-electron chi connectivity index (χ3n) is 5.13. The third-order valence-corrected chi connectivity index (χ3v) is 7.10. The van der Waals surface area contributed by atoms with E-state index >= 15 is 0 Å². The van der Waals surface area contributed by atoms with Crippen LogP contribution in [0.5, 0.6) is 0 Å². The molecule has 3 aromatic rings. The highest BCUT2D eigenvalue weighted by atomic mass is 32.2. The monoisotopic (exact) mass is 445 g/mol. The molecule has 0 radical (unpaired) electrons. The van der Waals surface area contributed by atoms with Crippen LogP contribution in [0.1, 0.15) is 30.8 Å². The summed E-state index contributed by atoms with van der Waals surface area (Å²) in [7, 11) is -3.74. The van der Waals surface area contributed by atoms with Gasteiger partial charge in [-0.15, -0.1) is 0 Å². The van der Waals surface area contributed by atoms with Gasteiger partial charge in [0.05, 0.1) is 36.1 Å². The molecule has 0 unspecified atom stereocenters. The predicted octanol–water partition coefficient (Wildman–Crippen LogP) is 2.96. The predicted molar refractivity (Wildman–Crippen MR) is 112 cm³/mol. The van der Waals surface area contributed by atoms with E-state index in [1.807, 2.05) is 6.92 Å². The summed E-state index contributed by atoms with van der Waals surface area (Å²) in [5.41, 5.74) is 1.63. The number of benzene rings is 1. The van der Waals surface area contributed by atoms with E-state index < -0.39 is 21.9 Å². The topological polar surface area (TPSA) is 90.2 Å². The van der Waals surface area contributed by atoms with E-state index in [-0.39, 0.29) is 24.6 Å². The second-order valence-electron chi connectivity index (χ2n) is 7.37. The highest BCUT2D eigenvalue weighted by molar-refractivity contribution is 7.89. The first-order valence-corrected chi connectivity index (χ1v) is 11.6. The molecule has 0 aliphatic carbocycles. The van der Waals surface area contributed by atoms with E-state index in [0.29, 0.717) is 29.2 Å². The van der Waals surface area contributed by atoms with Crippen molar-refractivity contribution in [2.45, 2.75) is 37.8 Å². The van der Waals surface area contributed by atoms with E-state index in [2.05, 4.69) is 15.1 Å². The van der Waals surface area contributed by atoms with Crippen LogP contribution in [0.4, 0.5) is 4.39 Å². The molecular formula is C21H24FN5O3S. The van der Waals surface area contributed by atoms with Gasteiger partial charge in [0.1, 0.15) is 16.8 Å². The Hall–Kier alpha value is -2.69. The van der Waals surface area contributed by atoms with Gasteiger partial charge in [-0.05, 0) is 25.5 Å². The number of hydrogen-bond donors (Lipinski definition) is 0. The van der Waals surface area contributed by atoms with Crippen molar-refractivity contribution in [2.24, 2.45) is 0 Å². The summed E-state index contributed by atoms with van der Waals surface area (Å²) >= 11 is 0. The van der Waals surface area contributed by atoms with E-state index in [0.717, 1.165) is 6.42 Å². The maximum atomic E-state index is 14.2. The first-order valence-electron chi connectivity index (χ1n) is 10.1. The summed E-state index contributed by atoms with van der Waals surface area (Å²) in [6.07, 6.45) is 4.84. The van der Waals surface area contributed by atoms with Crippen LogP contribution in [0.15, 0.2) is 47.8 Å². The minimum atomic E-state index is -3.74. The van der Waals surface area contributed by atoms with Crippen molar-refractivity contribution in [1.82, 2.24) is 24.1 Å². The summed E-state index contributed by atoms with van der Waals surface area (Å²) in [6, 6.07) is 6.31. The quantitative estimate of drug-likeness (QED) is 0.580.